The molecule has 0 unspecified atom stereocenters. The van der Waals surface area contributed by atoms with E-state index in [2.05, 4.69) is 19.9 Å². The van der Waals surface area contributed by atoms with Crippen LogP contribution >= 0.6 is 0 Å². The van der Waals surface area contributed by atoms with Gasteiger partial charge in [0.25, 0.3) is 5.91 Å². The average Bonchev–Trinajstić information content (AvgIpc) is 2.62. The molecule has 118 valence electrons. The number of rotatable bonds is 3. The minimum Gasteiger partial charge on any atom is -0.337 e. The van der Waals surface area contributed by atoms with Gasteiger partial charge in [0, 0.05) is 61.8 Å². The third kappa shape index (κ3) is 2.74. The van der Waals surface area contributed by atoms with Gasteiger partial charge in [-0.3, -0.25) is 14.8 Å². The van der Waals surface area contributed by atoms with Crippen LogP contribution in [0.2, 0.25) is 0 Å². The van der Waals surface area contributed by atoms with Crippen LogP contribution in [0.5, 0.6) is 0 Å². The molecule has 3 aromatic rings. The van der Waals surface area contributed by atoms with Gasteiger partial charge in [0.15, 0.2) is 5.82 Å². The summed E-state index contributed by atoms with van der Waals surface area (Å²) in [5.74, 6) is 0.891. The lowest BCUT2D eigenvalue weighted by Gasteiger charge is -2.39. The summed E-state index contributed by atoms with van der Waals surface area (Å²) in [5, 5.41) is 0. The molecule has 4 rings (SSSR count). The van der Waals surface area contributed by atoms with Crippen LogP contribution in [0.1, 0.15) is 21.8 Å². The first-order chi connectivity index (χ1) is 11.8. The summed E-state index contributed by atoms with van der Waals surface area (Å²) < 4.78 is 0. The lowest BCUT2D eigenvalue weighted by molar-refractivity contribution is 0.0601. The van der Waals surface area contributed by atoms with Gasteiger partial charge in [-0.05, 0) is 23.8 Å². The zero-order valence-corrected chi connectivity index (χ0v) is 12.9. The van der Waals surface area contributed by atoms with Gasteiger partial charge in [-0.1, -0.05) is 6.07 Å². The Labute approximate surface area is 139 Å². The predicted molar refractivity (Wildman–Crippen MR) is 88.1 cm³/mol. The van der Waals surface area contributed by atoms with Crippen molar-refractivity contribution in [3.63, 3.8) is 0 Å². The highest BCUT2D eigenvalue weighted by Crippen LogP contribution is 2.27. The van der Waals surface area contributed by atoms with Gasteiger partial charge in [0.2, 0.25) is 0 Å². The lowest BCUT2D eigenvalue weighted by atomic mass is 9.92. The van der Waals surface area contributed by atoms with E-state index in [0.29, 0.717) is 30.4 Å². The molecule has 3 aromatic heterocycles. The average molecular weight is 317 g/mol. The maximum atomic E-state index is 12.5. The van der Waals surface area contributed by atoms with E-state index in [-0.39, 0.29) is 5.91 Å². The van der Waals surface area contributed by atoms with Crippen molar-refractivity contribution in [2.45, 2.75) is 5.92 Å². The lowest BCUT2D eigenvalue weighted by Crippen LogP contribution is -2.48. The van der Waals surface area contributed by atoms with Crippen LogP contribution in [0.4, 0.5) is 0 Å². The zero-order chi connectivity index (χ0) is 16.4. The van der Waals surface area contributed by atoms with Crippen molar-refractivity contribution in [1.29, 1.82) is 0 Å². The molecule has 24 heavy (non-hydrogen) atoms. The maximum Gasteiger partial charge on any atom is 0.257 e. The fraction of sp³-hybridized carbons (Fsp3) is 0.167. The summed E-state index contributed by atoms with van der Waals surface area (Å²) >= 11 is 0. The normalized spacial score (nSPS) is 14.2. The van der Waals surface area contributed by atoms with Crippen molar-refractivity contribution in [3.8, 4) is 11.4 Å². The van der Waals surface area contributed by atoms with Crippen molar-refractivity contribution in [3.05, 3.63) is 72.6 Å². The van der Waals surface area contributed by atoms with E-state index >= 15 is 0 Å². The van der Waals surface area contributed by atoms with Crippen molar-refractivity contribution < 1.29 is 4.79 Å². The first kappa shape index (κ1) is 14.4. The molecule has 0 N–H and O–H groups in total. The van der Waals surface area contributed by atoms with Gasteiger partial charge in [0.05, 0.1) is 5.56 Å². The van der Waals surface area contributed by atoms with Gasteiger partial charge in [-0.15, -0.1) is 0 Å². The molecule has 0 saturated carbocycles. The summed E-state index contributed by atoms with van der Waals surface area (Å²) in [5.41, 5.74) is 2.51. The quantitative estimate of drug-likeness (QED) is 0.740. The summed E-state index contributed by atoms with van der Waals surface area (Å²) in [7, 11) is 0. The predicted octanol–water partition coefficient (Wildman–Crippen LogP) is 2.17. The Morgan fingerprint density at radius 2 is 1.67 bits per heavy atom. The van der Waals surface area contributed by atoms with E-state index in [1.54, 1.807) is 35.9 Å². The van der Waals surface area contributed by atoms with Crippen molar-refractivity contribution in [2.24, 2.45) is 0 Å². The number of likely N-dealkylation sites (tertiary alicyclic amines) is 1. The first-order valence-corrected chi connectivity index (χ1v) is 7.73. The van der Waals surface area contributed by atoms with E-state index in [4.69, 9.17) is 0 Å². The minimum atomic E-state index is -0.0344. The van der Waals surface area contributed by atoms with Crippen LogP contribution in [0.15, 0.2) is 61.4 Å². The second-order valence-corrected chi connectivity index (χ2v) is 5.73. The van der Waals surface area contributed by atoms with E-state index in [1.807, 2.05) is 30.5 Å². The number of carbonyl (C=O) groups excluding carboxylic acids is 1. The third-order valence-electron chi connectivity index (χ3n) is 4.14. The standard InChI is InChI=1S/C18H15N5O/c24-18(23-11-16(12-23)13-3-1-5-19-7-13)15-9-21-17(22-10-15)14-4-2-6-20-8-14/h1-10,16H,11-12H2. The van der Waals surface area contributed by atoms with E-state index in [9.17, 15) is 4.79 Å². The molecule has 1 amide bonds. The molecule has 1 saturated heterocycles. The van der Waals surface area contributed by atoms with E-state index in [0.717, 1.165) is 5.56 Å². The van der Waals surface area contributed by atoms with Gasteiger partial charge in [-0.25, -0.2) is 9.97 Å². The Morgan fingerprint density at radius 1 is 0.958 bits per heavy atom. The number of hydrogen-bond donors (Lipinski definition) is 0. The fourth-order valence-electron chi connectivity index (χ4n) is 2.74. The number of carbonyl (C=O) groups is 1. The van der Waals surface area contributed by atoms with Crippen molar-refractivity contribution in [1.82, 2.24) is 24.8 Å². The molecule has 0 spiro atoms. The Balaban J connectivity index is 1.43. The maximum absolute atomic E-state index is 12.5. The van der Waals surface area contributed by atoms with Crippen molar-refractivity contribution in [2.75, 3.05) is 13.1 Å². The van der Waals surface area contributed by atoms with Gasteiger partial charge < -0.3 is 4.90 Å². The molecule has 0 atom stereocenters. The number of aromatic nitrogens is 4. The highest BCUT2D eigenvalue weighted by molar-refractivity contribution is 5.94. The van der Waals surface area contributed by atoms with Gasteiger partial charge >= 0.3 is 0 Å². The summed E-state index contributed by atoms with van der Waals surface area (Å²) in [6, 6.07) is 7.68. The molecule has 6 nitrogen and oxygen atoms in total. The summed E-state index contributed by atoms with van der Waals surface area (Å²) in [4.78, 5) is 31.0. The molecule has 0 bridgehead atoms. The van der Waals surface area contributed by atoms with Crippen LogP contribution in [-0.4, -0.2) is 43.8 Å². The smallest absolute Gasteiger partial charge is 0.257 e. The zero-order valence-electron chi connectivity index (χ0n) is 12.9. The number of nitrogens with zero attached hydrogens (tertiary/aromatic N) is 5. The minimum absolute atomic E-state index is 0.0344. The highest BCUT2D eigenvalue weighted by Gasteiger charge is 2.32. The molecule has 4 heterocycles. The SMILES string of the molecule is O=C(c1cnc(-c2cccnc2)nc1)N1CC(c2cccnc2)C1. The fourth-order valence-corrected chi connectivity index (χ4v) is 2.74. The Kier molecular flexibility index (Phi) is 3.70. The first-order valence-electron chi connectivity index (χ1n) is 7.73. The molecule has 0 radical (unpaired) electrons. The van der Waals surface area contributed by atoms with Crippen LogP contribution in [0, 0.1) is 0 Å². The third-order valence-corrected chi connectivity index (χ3v) is 4.14. The molecular weight excluding hydrogens is 302 g/mol. The molecule has 1 aliphatic heterocycles. The second-order valence-electron chi connectivity index (χ2n) is 5.73. The molecule has 1 fully saturated rings. The van der Waals surface area contributed by atoms with Gasteiger partial charge in [0.1, 0.15) is 0 Å². The Bertz CT molecular complexity index is 830. The van der Waals surface area contributed by atoms with Crippen LogP contribution in [-0.2, 0) is 0 Å². The van der Waals surface area contributed by atoms with Crippen LogP contribution in [0.25, 0.3) is 11.4 Å². The topological polar surface area (TPSA) is 71.9 Å². The Hall–Kier alpha value is -3.15. The summed E-state index contributed by atoms with van der Waals surface area (Å²) in [6.45, 7) is 1.41. The molecule has 0 aromatic carbocycles. The largest absolute Gasteiger partial charge is 0.337 e. The molecule has 0 aliphatic carbocycles. The summed E-state index contributed by atoms with van der Waals surface area (Å²) in [6.07, 6.45) is 10.2. The molecule has 1 aliphatic rings. The monoisotopic (exact) mass is 317 g/mol. The second kappa shape index (κ2) is 6.16. The molecular formula is C18H15N5O. The van der Waals surface area contributed by atoms with Crippen LogP contribution in [0.3, 0.4) is 0 Å². The Morgan fingerprint density at radius 3 is 2.29 bits per heavy atom. The van der Waals surface area contributed by atoms with Crippen molar-refractivity contribution >= 4 is 5.91 Å². The van der Waals surface area contributed by atoms with Gasteiger partial charge in [-0.2, -0.15) is 0 Å². The van der Waals surface area contributed by atoms with Crippen LogP contribution < -0.4 is 0 Å². The highest BCUT2D eigenvalue weighted by atomic mass is 16.2. The molecule has 6 heteroatoms. The van der Waals surface area contributed by atoms with E-state index < -0.39 is 0 Å². The van der Waals surface area contributed by atoms with E-state index in [1.165, 1.54) is 5.56 Å². The number of amides is 1. The number of hydrogen-bond acceptors (Lipinski definition) is 5. The number of pyridine rings is 2.